The van der Waals surface area contributed by atoms with E-state index in [0.29, 0.717) is 63.2 Å². The molecule has 9 nitrogen and oxygen atoms in total. The smallest absolute Gasteiger partial charge is 0.306 e. The summed E-state index contributed by atoms with van der Waals surface area (Å²) in [5.41, 5.74) is 6.22. The fourth-order valence-corrected chi connectivity index (χ4v) is 3.75. The van der Waals surface area contributed by atoms with Gasteiger partial charge in [-0.1, -0.05) is 12.1 Å². The first-order chi connectivity index (χ1) is 17.1. The van der Waals surface area contributed by atoms with Crippen LogP contribution in [0.2, 0.25) is 0 Å². The van der Waals surface area contributed by atoms with Gasteiger partial charge in [0.2, 0.25) is 5.88 Å². The van der Waals surface area contributed by atoms with E-state index in [-0.39, 0.29) is 5.97 Å². The third-order valence-electron chi connectivity index (χ3n) is 5.48. The highest BCUT2D eigenvalue weighted by molar-refractivity contribution is 5.69. The van der Waals surface area contributed by atoms with Crippen LogP contribution in [-0.4, -0.2) is 35.7 Å². The van der Waals surface area contributed by atoms with Gasteiger partial charge in [0.15, 0.2) is 5.76 Å². The fraction of sp³-hybridized carbons (Fsp3) is 0.385. The molecule has 35 heavy (non-hydrogen) atoms. The van der Waals surface area contributed by atoms with Gasteiger partial charge in [0, 0.05) is 25.1 Å². The number of aromatic nitrogens is 1. The van der Waals surface area contributed by atoms with Gasteiger partial charge < -0.3 is 23.0 Å². The number of furan rings is 1. The van der Waals surface area contributed by atoms with Crippen LogP contribution in [0, 0.1) is 6.92 Å². The second-order valence-electron chi connectivity index (χ2n) is 8.07. The van der Waals surface area contributed by atoms with Gasteiger partial charge in [0.05, 0.1) is 19.5 Å². The van der Waals surface area contributed by atoms with Crippen molar-refractivity contribution in [2.45, 2.75) is 46.8 Å². The Labute approximate surface area is 204 Å². The van der Waals surface area contributed by atoms with Gasteiger partial charge in [-0.25, -0.2) is 9.99 Å². The molecule has 1 aliphatic heterocycles. The molecule has 0 fully saturated rings. The van der Waals surface area contributed by atoms with Crippen LogP contribution < -0.4 is 10.2 Å². The second-order valence-corrected chi connectivity index (χ2v) is 8.07. The standard InChI is InChI=1S/C26H31N3O6/c1-4-31-24(30)13-10-20-16-29(28-25(20)32-5-2)15-19-8-11-21(12-9-19)34-17-22-18(3)35-26(27-22)23-7-6-14-33-23/h6-9,11-12,14,28H,4-5,10,13,15-17H2,1-3H3. The van der Waals surface area contributed by atoms with Crippen LogP contribution in [0.1, 0.15) is 43.7 Å². The highest BCUT2D eigenvalue weighted by Crippen LogP contribution is 2.24. The third-order valence-corrected chi connectivity index (χ3v) is 5.48. The van der Waals surface area contributed by atoms with Crippen molar-refractivity contribution in [1.82, 2.24) is 15.4 Å². The summed E-state index contributed by atoms with van der Waals surface area (Å²) in [5, 5.41) is 2.07. The number of nitrogens with one attached hydrogen (secondary N) is 1. The molecule has 0 aliphatic carbocycles. The molecule has 1 N–H and O–H groups in total. The van der Waals surface area contributed by atoms with Gasteiger partial charge in [-0.3, -0.25) is 10.2 Å². The van der Waals surface area contributed by atoms with E-state index < -0.39 is 0 Å². The summed E-state index contributed by atoms with van der Waals surface area (Å²) >= 11 is 0. The maximum Gasteiger partial charge on any atom is 0.306 e. The van der Waals surface area contributed by atoms with E-state index >= 15 is 0 Å². The highest BCUT2D eigenvalue weighted by atomic mass is 16.5. The summed E-state index contributed by atoms with van der Waals surface area (Å²) in [6.07, 6.45) is 2.53. The molecule has 3 aromatic rings. The first kappa shape index (κ1) is 24.4. The Balaban J connectivity index is 1.29. The van der Waals surface area contributed by atoms with Gasteiger partial charge in [-0.15, -0.1) is 0 Å². The summed E-state index contributed by atoms with van der Waals surface area (Å²) in [4.78, 5) is 16.2. The molecule has 0 saturated heterocycles. The number of rotatable bonds is 12. The van der Waals surface area contributed by atoms with E-state index in [4.69, 9.17) is 23.0 Å². The zero-order valence-corrected chi connectivity index (χ0v) is 20.3. The van der Waals surface area contributed by atoms with Crippen LogP contribution in [0.25, 0.3) is 11.7 Å². The van der Waals surface area contributed by atoms with Crippen LogP contribution in [-0.2, 0) is 27.4 Å². The number of esters is 1. The number of hydrogen-bond acceptors (Lipinski definition) is 9. The molecule has 3 heterocycles. The Morgan fingerprint density at radius 1 is 1.14 bits per heavy atom. The van der Waals surface area contributed by atoms with Crippen LogP contribution in [0.4, 0.5) is 0 Å². The van der Waals surface area contributed by atoms with E-state index in [0.717, 1.165) is 28.5 Å². The van der Waals surface area contributed by atoms with Crippen molar-refractivity contribution in [2.24, 2.45) is 0 Å². The minimum Gasteiger partial charge on any atom is -0.487 e. The predicted octanol–water partition coefficient (Wildman–Crippen LogP) is 4.73. The quantitative estimate of drug-likeness (QED) is 0.368. The number of carbonyl (C=O) groups is 1. The summed E-state index contributed by atoms with van der Waals surface area (Å²) in [6.45, 7) is 8.21. The lowest BCUT2D eigenvalue weighted by molar-refractivity contribution is -0.143. The molecule has 4 rings (SSSR count). The lowest BCUT2D eigenvalue weighted by atomic mass is 10.1. The first-order valence-electron chi connectivity index (χ1n) is 11.8. The molecule has 0 bridgehead atoms. The third kappa shape index (κ3) is 6.45. The molecule has 9 heteroatoms. The minimum absolute atomic E-state index is 0.192. The number of carbonyl (C=O) groups excluding carboxylic acids is 1. The Hall–Kier alpha value is -3.72. The maximum absolute atomic E-state index is 11.7. The molecule has 0 spiro atoms. The molecule has 186 valence electrons. The molecule has 1 aromatic carbocycles. The van der Waals surface area contributed by atoms with Crippen molar-refractivity contribution in [3.8, 4) is 17.4 Å². The number of aryl methyl sites for hydroxylation is 1. The zero-order valence-electron chi connectivity index (χ0n) is 20.3. The van der Waals surface area contributed by atoms with Gasteiger partial charge >= 0.3 is 5.97 Å². The SMILES string of the molecule is CCOC(=O)CCC1=C(OCC)NN(Cc2ccc(OCc3nc(-c4ccco4)oc3C)cc2)C1. The lowest BCUT2D eigenvalue weighted by Crippen LogP contribution is -2.32. The molecule has 0 saturated carbocycles. The zero-order chi connectivity index (χ0) is 24.6. The van der Waals surface area contributed by atoms with Gasteiger partial charge in [0.1, 0.15) is 23.8 Å². The minimum atomic E-state index is -0.192. The van der Waals surface area contributed by atoms with Crippen LogP contribution in [0.15, 0.2) is 63.0 Å². The number of benzene rings is 1. The molecular formula is C26H31N3O6. The van der Waals surface area contributed by atoms with Gasteiger partial charge in [-0.05, 0) is 57.0 Å². The largest absolute Gasteiger partial charge is 0.487 e. The molecule has 0 radical (unpaired) electrons. The van der Waals surface area contributed by atoms with Crippen molar-refractivity contribution in [3.63, 3.8) is 0 Å². The van der Waals surface area contributed by atoms with E-state index in [2.05, 4.69) is 15.4 Å². The monoisotopic (exact) mass is 481 g/mol. The number of hydrazine groups is 1. The van der Waals surface area contributed by atoms with Crippen molar-refractivity contribution in [1.29, 1.82) is 0 Å². The molecule has 0 amide bonds. The molecular weight excluding hydrogens is 450 g/mol. The number of ether oxygens (including phenoxy) is 3. The van der Waals surface area contributed by atoms with E-state index in [1.807, 2.05) is 45.0 Å². The first-order valence-corrected chi connectivity index (χ1v) is 11.8. The molecule has 0 unspecified atom stereocenters. The number of oxazole rings is 1. The van der Waals surface area contributed by atoms with Gasteiger partial charge in [-0.2, -0.15) is 0 Å². The van der Waals surface area contributed by atoms with E-state index in [9.17, 15) is 4.79 Å². The molecule has 1 aliphatic rings. The Bertz CT molecular complexity index is 1130. The van der Waals surface area contributed by atoms with Crippen molar-refractivity contribution >= 4 is 5.97 Å². The Kier molecular flexibility index (Phi) is 8.10. The van der Waals surface area contributed by atoms with E-state index in [1.54, 1.807) is 18.4 Å². The van der Waals surface area contributed by atoms with Gasteiger partial charge in [0.25, 0.3) is 5.89 Å². The number of hydrogen-bond donors (Lipinski definition) is 1. The summed E-state index contributed by atoms with van der Waals surface area (Å²) in [5.74, 6) is 3.01. The lowest BCUT2D eigenvalue weighted by Gasteiger charge is -2.18. The molecule has 2 aromatic heterocycles. The Morgan fingerprint density at radius 2 is 1.97 bits per heavy atom. The van der Waals surface area contributed by atoms with Crippen LogP contribution in [0.5, 0.6) is 5.75 Å². The summed E-state index contributed by atoms with van der Waals surface area (Å²) in [7, 11) is 0. The summed E-state index contributed by atoms with van der Waals surface area (Å²) in [6, 6.07) is 11.5. The highest BCUT2D eigenvalue weighted by Gasteiger charge is 2.23. The van der Waals surface area contributed by atoms with Crippen molar-refractivity contribution in [3.05, 3.63) is 71.1 Å². The second kappa shape index (κ2) is 11.6. The van der Waals surface area contributed by atoms with Crippen LogP contribution in [0.3, 0.4) is 0 Å². The predicted molar refractivity (Wildman–Crippen MR) is 128 cm³/mol. The topological polar surface area (TPSA) is 99.2 Å². The van der Waals surface area contributed by atoms with E-state index in [1.165, 1.54) is 0 Å². The average molecular weight is 482 g/mol. The average Bonchev–Trinajstić information content (AvgIpc) is 3.59. The maximum atomic E-state index is 11.7. The van der Waals surface area contributed by atoms with Crippen molar-refractivity contribution < 1.29 is 27.8 Å². The molecule has 0 atom stereocenters. The van der Waals surface area contributed by atoms with Crippen LogP contribution >= 0.6 is 0 Å². The summed E-state index contributed by atoms with van der Waals surface area (Å²) < 4.78 is 27.7. The number of nitrogens with zero attached hydrogens (tertiary/aromatic N) is 2. The van der Waals surface area contributed by atoms with Crippen molar-refractivity contribution in [2.75, 3.05) is 19.8 Å². The normalized spacial score (nSPS) is 13.7. The Morgan fingerprint density at radius 3 is 2.69 bits per heavy atom. The fourth-order valence-electron chi connectivity index (χ4n) is 3.75.